The van der Waals surface area contributed by atoms with Gasteiger partial charge in [-0.2, -0.15) is 0 Å². The van der Waals surface area contributed by atoms with Crippen molar-refractivity contribution in [3.05, 3.63) is 46.8 Å². The molecule has 5 heteroatoms. The quantitative estimate of drug-likeness (QED) is 0.879. The number of hydrogen-bond donors (Lipinski definition) is 2. The van der Waals surface area contributed by atoms with Crippen LogP contribution in [0.2, 0.25) is 0 Å². The zero-order valence-corrected chi connectivity index (χ0v) is 13.2. The van der Waals surface area contributed by atoms with Crippen LogP contribution in [0.4, 0.5) is 10.7 Å². The summed E-state index contributed by atoms with van der Waals surface area (Å²) in [6.07, 6.45) is 2.92. The second-order valence-electron chi connectivity index (χ2n) is 5.43. The Morgan fingerprint density at radius 2 is 1.82 bits per heavy atom. The van der Waals surface area contributed by atoms with E-state index in [0.717, 1.165) is 30.0 Å². The Kier molecular flexibility index (Phi) is 4.24. The third kappa shape index (κ3) is 3.54. The molecule has 0 atom stereocenters. The molecule has 1 aromatic carbocycles. The molecule has 1 aliphatic rings. The number of aryl methyl sites for hydroxylation is 1. The van der Waals surface area contributed by atoms with Gasteiger partial charge >= 0.3 is 0 Å². The van der Waals surface area contributed by atoms with Crippen LogP contribution in [-0.4, -0.2) is 11.8 Å². The van der Waals surface area contributed by atoms with Crippen molar-refractivity contribution in [2.24, 2.45) is 5.92 Å². The first kappa shape index (κ1) is 14.8. The van der Waals surface area contributed by atoms with Crippen molar-refractivity contribution >= 4 is 33.8 Å². The number of anilines is 2. The fourth-order valence-electron chi connectivity index (χ4n) is 2.11. The molecular formula is C17H18N2O2S. The number of benzene rings is 1. The summed E-state index contributed by atoms with van der Waals surface area (Å²) in [6, 6.07) is 11.3. The molecule has 0 spiro atoms. The van der Waals surface area contributed by atoms with Crippen molar-refractivity contribution in [3.63, 3.8) is 0 Å². The Hall–Kier alpha value is -2.14. The molecule has 1 aliphatic carbocycles. The van der Waals surface area contributed by atoms with Crippen molar-refractivity contribution in [1.82, 2.24) is 0 Å². The molecule has 4 nitrogen and oxygen atoms in total. The van der Waals surface area contributed by atoms with Gasteiger partial charge in [0.2, 0.25) is 5.91 Å². The van der Waals surface area contributed by atoms with Crippen molar-refractivity contribution in [2.45, 2.75) is 26.2 Å². The van der Waals surface area contributed by atoms with E-state index in [2.05, 4.69) is 17.6 Å². The maximum atomic E-state index is 12.2. The maximum absolute atomic E-state index is 12.2. The van der Waals surface area contributed by atoms with Crippen LogP contribution in [0.25, 0.3) is 0 Å². The molecule has 0 aliphatic heterocycles. The van der Waals surface area contributed by atoms with Gasteiger partial charge in [0.1, 0.15) is 0 Å². The van der Waals surface area contributed by atoms with Crippen LogP contribution in [-0.2, 0) is 11.2 Å². The molecule has 3 rings (SSSR count). The lowest BCUT2D eigenvalue weighted by Crippen LogP contribution is -2.12. The third-order valence-corrected chi connectivity index (χ3v) is 4.64. The highest BCUT2D eigenvalue weighted by molar-refractivity contribution is 7.18. The van der Waals surface area contributed by atoms with E-state index in [0.29, 0.717) is 4.88 Å². The van der Waals surface area contributed by atoms with Gasteiger partial charge in [0.15, 0.2) is 0 Å². The van der Waals surface area contributed by atoms with Crippen molar-refractivity contribution in [3.8, 4) is 0 Å². The molecule has 0 bridgehead atoms. The minimum atomic E-state index is -0.152. The molecule has 2 amide bonds. The van der Waals surface area contributed by atoms with Gasteiger partial charge in [-0.25, -0.2) is 0 Å². The molecule has 0 unspecified atom stereocenters. The SMILES string of the molecule is CCc1ccc(NC(=O)c2ccc(NC(=O)C3CC3)s2)cc1. The van der Waals surface area contributed by atoms with E-state index in [9.17, 15) is 9.59 Å². The second-order valence-corrected chi connectivity index (χ2v) is 6.52. The van der Waals surface area contributed by atoms with Crippen LogP contribution >= 0.6 is 11.3 Å². The molecule has 1 saturated carbocycles. The van der Waals surface area contributed by atoms with E-state index in [1.54, 1.807) is 12.1 Å². The summed E-state index contributed by atoms with van der Waals surface area (Å²) in [7, 11) is 0. The van der Waals surface area contributed by atoms with Gasteiger partial charge in [-0.15, -0.1) is 11.3 Å². The normalized spacial score (nSPS) is 13.7. The average Bonchev–Trinajstić information content (AvgIpc) is 3.28. The number of nitrogens with one attached hydrogen (secondary N) is 2. The molecule has 0 radical (unpaired) electrons. The fourth-order valence-corrected chi connectivity index (χ4v) is 2.92. The standard InChI is InChI=1S/C17H18N2O2S/c1-2-11-3-7-13(8-4-11)18-17(21)14-9-10-15(22-14)19-16(20)12-5-6-12/h3-4,7-10,12H,2,5-6H2,1H3,(H,18,21)(H,19,20). The van der Waals surface area contributed by atoms with Crippen LogP contribution in [0.1, 0.15) is 35.0 Å². The van der Waals surface area contributed by atoms with Crippen molar-refractivity contribution in [1.29, 1.82) is 0 Å². The molecule has 114 valence electrons. The molecule has 22 heavy (non-hydrogen) atoms. The van der Waals surface area contributed by atoms with E-state index in [4.69, 9.17) is 0 Å². The molecule has 1 heterocycles. The first-order valence-corrected chi connectivity index (χ1v) is 8.28. The zero-order valence-electron chi connectivity index (χ0n) is 12.4. The topological polar surface area (TPSA) is 58.2 Å². The van der Waals surface area contributed by atoms with E-state index in [1.165, 1.54) is 16.9 Å². The van der Waals surface area contributed by atoms with Crippen LogP contribution in [0.5, 0.6) is 0 Å². The van der Waals surface area contributed by atoms with Gasteiger partial charge in [0.05, 0.1) is 9.88 Å². The van der Waals surface area contributed by atoms with Crippen LogP contribution < -0.4 is 10.6 Å². The van der Waals surface area contributed by atoms with Crippen molar-refractivity contribution in [2.75, 3.05) is 10.6 Å². The first-order valence-electron chi connectivity index (χ1n) is 7.46. The number of carbonyl (C=O) groups is 2. The van der Waals surface area contributed by atoms with Gasteiger partial charge < -0.3 is 10.6 Å². The Balaban J connectivity index is 1.61. The lowest BCUT2D eigenvalue weighted by molar-refractivity contribution is -0.117. The first-order chi connectivity index (χ1) is 10.7. The molecule has 0 saturated heterocycles. The Bertz CT molecular complexity index is 687. The van der Waals surface area contributed by atoms with E-state index >= 15 is 0 Å². The number of hydrogen-bond acceptors (Lipinski definition) is 3. The number of rotatable bonds is 5. The fraction of sp³-hybridized carbons (Fsp3) is 0.294. The van der Waals surface area contributed by atoms with Gasteiger partial charge in [0.25, 0.3) is 5.91 Å². The Morgan fingerprint density at radius 3 is 2.45 bits per heavy atom. The average molecular weight is 314 g/mol. The lowest BCUT2D eigenvalue weighted by Gasteiger charge is -2.04. The monoisotopic (exact) mass is 314 g/mol. The van der Waals surface area contributed by atoms with Crippen LogP contribution in [0, 0.1) is 5.92 Å². The molecular weight excluding hydrogens is 296 g/mol. The largest absolute Gasteiger partial charge is 0.321 e. The van der Waals surface area contributed by atoms with E-state index in [-0.39, 0.29) is 17.7 Å². The predicted octanol–water partition coefficient (Wildman–Crippen LogP) is 3.91. The smallest absolute Gasteiger partial charge is 0.265 e. The van der Waals surface area contributed by atoms with Crippen molar-refractivity contribution < 1.29 is 9.59 Å². The highest BCUT2D eigenvalue weighted by Crippen LogP contribution is 2.31. The predicted molar refractivity (Wildman–Crippen MR) is 89.4 cm³/mol. The summed E-state index contributed by atoms with van der Waals surface area (Å²) in [5.74, 6) is 0.0709. The summed E-state index contributed by atoms with van der Waals surface area (Å²) in [5, 5.41) is 6.45. The van der Waals surface area contributed by atoms with Gasteiger partial charge in [-0.1, -0.05) is 19.1 Å². The lowest BCUT2D eigenvalue weighted by atomic mass is 10.1. The summed E-state index contributed by atoms with van der Waals surface area (Å²) >= 11 is 1.30. The number of amides is 2. The summed E-state index contributed by atoms with van der Waals surface area (Å²) in [5.41, 5.74) is 2.01. The third-order valence-electron chi connectivity index (χ3n) is 3.64. The molecule has 1 fully saturated rings. The zero-order chi connectivity index (χ0) is 15.5. The van der Waals surface area contributed by atoms with Crippen LogP contribution in [0.3, 0.4) is 0 Å². The van der Waals surface area contributed by atoms with Gasteiger partial charge in [0, 0.05) is 11.6 Å². The minimum Gasteiger partial charge on any atom is -0.321 e. The Morgan fingerprint density at radius 1 is 1.09 bits per heavy atom. The summed E-state index contributed by atoms with van der Waals surface area (Å²) in [6.45, 7) is 2.09. The Labute approximate surface area is 133 Å². The summed E-state index contributed by atoms with van der Waals surface area (Å²) < 4.78 is 0. The molecule has 1 aromatic heterocycles. The number of thiophene rings is 1. The van der Waals surface area contributed by atoms with Gasteiger partial charge in [-0.3, -0.25) is 9.59 Å². The molecule has 2 N–H and O–H groups in total. The van der Waals surface area contributed by atoms with Gasteiger partial charge in [-0.05, 0) is 49.1 Å². The molecule has 2 aromatic rings. The second kappa shape index (κ2) is 6.32. The maximum Gasteiger partial charge on any atom is 0.265 e. The number of carbonyl (C=O) groups excluding carboxylic acids is 2. The minimum absolute atomic E-state index is 0.0592. The highest BCUT2D eigenvalue weighted by atomic mass is 32.1. The summed E-state index contributed by atoms with van der Waals surface area (Å²) in [4.78, 5) is 24.5. The van der Waals surface area contributed by atoms with Crippen LogP contribution in [0.15, 0.2) is 36.4 Å². The van der Waals surface area contributed by atoms with E-state index < -0.39 is 0 Å². The van der Waals surface area contributed by atoms with E-state index in [1.807, 2.05) is 24.3 Å². The highest BCUT2D eigenvalue weighted by Gasteiger charge is 2.29.